The first-order valence-electron chi connectivity index (χ1n) is 6.62. The quantitative estimate of drug-likeness (QED) is 0.795. The second-order valence-corrected chi connectivity index (χ2v) is 5.65. The van der Waals surface area contributed by atoms with Crippen molar-refractivity contribution in [2.45, 2.75) is 39.0 Å². The van der Waals surface area contributed by atoms with Crippen molar-refractivity contribution in [3.63, 3.8) is 0 Å². The van der Waals surface area contributed by atoms with Crippen molar-refractivity contribution < 1.29 is 4.79 Å². The lowest BCUT2D eigenvalue weighted by Crippen LogP contribution is -2.11. The Morgan fingerprint density at radius 3 is 2.50 bits per heavy atom. The summed E-state index contributed by atoms with van der Waals surface area (Å²) in [5.41, 5.74) is 6.65. The summed E-state index contributed by atoms with van der Waals surface area (Å²) < 4.78 is 1.05. The smallest absolute Gasteiger partial charge is 0.137 e. The van der Waals surface area contributed by atoms with Gasteiger partial charge in [0.25, 0.3) is 0 Å². The van der Waals surface area contributed by atoms with Crippen molar-refractivity contribution >= 4 is 21.7 Å². The number of rotatable bonds is 8. The van der Waals surface area contributed by atoms with Gasteiger partial charge in [0.1, 0.15) is 5.78 Å². The van der Waals surface area contributed by atoms with E-state index in [0.717, 1.165) is 35.8 Å². The van der Waals surface area contributed by atoms with Gasteiger partial charge in [-0.2, -0.15) is 0 Å². The predicted molar refractivity (Wildman–Crippen MR) is 79.5 cm³/mol. The maximum Gasteiger partial charge on any atom is 0.137 e. The molecule has 1 unspecified atom stereocenters. The van der Waals surface area contributed by atoms with Crippen molar-refractivity contribution in [2.75, 3.05) is 6.54 Å². The molecule has 2 nitrogen and oxygen atoms in total. The number of halogens is 1. The second kappa shape index (κ2) is 8.44. The highest BCUT2D eigenvalue weighted by molar-refractivity contribution is 9.10. The van der Waals surface area contributed by atoms with Crippen molar-refractivity contribution in [3.05, 3.63) is 34.3 Å². The summed E-state index contributed by atoms with van der Waals surface area (Å²) in [5.74, 6) is 0.927. The standard InChI is InChI=1S/C15H22BrNO/c1-2-12(9-10-17)5-8-15(18)11-13-3-6-14(16)7-4-13/h3-4,6-7,12H,2,5,8-11,17H2,1H3. The van der Waals surface area contributed by atoms with Crippen molar-refractivity contribution in [1.29, 1.82) is 0 Å². The molecule has 18 heavy (non-hydrogen) atoms. The Hall–Kier alpha value is -0.670. The molecule has 0 aliphatic heterocycles. The SMILES string of the molecule is CCC(CCN)CCC(=O)Cc1ccc(Br)cc1. The van der Waals surface area contributed by atoms with Crippen LogP contribution in [0.25, 0.3) is 0 Å². The van der Waals surface area contributed by atoms with Crippen molar-refractivity contribution in [2.24, 2.45) is 11.7 Å². The van der Waals surface area contributed by atoms with E-state index in [1.54, 1.807) is 0 Å². The highest BCUT2D eigenvalue weighted by Crippen LogP contribution is 2.16. The topological polar surface area (TPSA) is 43.1 Å². The average Bonchev–Trinajstić information content (AvgIpc) is 2.37. The van der Waals surface area contributed by atoms with Crippen LogP contribution in [-0.2, 0) is 11.2 Å². The van der Waals surface area contributed by atoms with Gasteiger partial charge in [-0.3, -0.25) is 4.79 Å². The fourth-order valence-corrected chi connectivity index (χ4v) is 2.34. The van der Waals surface area contributed by atoms with Crippen LogP contribution in [0.2, 0.25) is 0 Å². The number of hydrogen-bond donors (Lipinski definition) is 1. The van der Waals surface area contributed by atoms with E-state index in [-0.39, 0.29) is 0 Å². The van der Waals surface area contributed by atoms with E-state index in [4.69, 9.17) is 5.73 Å². The Labute approximate surface area is 118 Å². The first-order valence-corrected chi connectivity index (χ1v) is 7.41. The molecule has 2 N–H and O–H groups in total. The van der Waals surface area contributed by atoms with Crippen LogP contribution < -0.4 is 5.73 Å². The van der Waals surface area contributed by atoms with Gasteiger partial charge < -0.3 is 5.73 Å². The number of carbonyl (C=O) groups excluding carboxylic acids is 1. The molecule has 0 heterocycles. The van der Waals surface area contributed by atoms with E-state index >= 15 is 0 Å². The van der Waals surface area contributed by atoms with Gasteiger partial charge in [0.2, 0.25) is 0 Å². The third-order valence-electron chi connectivity index (χ3n) is 3.30. The summed E-state index contributed by atoms with van der Waals surface area (Å²) in [6.45, 7) is 2.89. The van der Waals surface area contributed by atoms with E-state index in [1.807, 2.05) is 24.3 Å². The van der Waals surface area contributed by atoms with Gasteiger partial charge in [-0.25, -0.2) is 0 Å². The molecule has 0 amide bonds. The highest BCUT2D eigenvalue weighted by Gasteiger charge is 2.09. The number of ketones is 1. The molecule has 3 heteroatoms. The molecule has 0 radical (unpaired) electrons. The molecule has 0 aromatic heterocycles. The van der Waals surface area contributed by atoms with Crippen LogP contribution in [0, 0.1) is 5.92 Å². The zero-order valence-corrected chi connectivity index (χ0v) is 12.6. The molecule has 100 valence electrons. The third kappa shape index (κ3) is 5.78. The van der Waals surface area contributed by atoms with E-state index < -0.39 is 0 Å². The van der Waals surface area contributed by atoms with Crippen LogP contribution in [0.5, 0.6) is 0 Å². The van der Waals surface area contributed by atoms with Gasteiger partial charge in [-0.15, -0.1) is 0 Å². The molecule has 0 spiro atoms. The van der Waals surface area contributed by atoms with Gasteiger partial charge in [-0.1, -0.05) is 41.4 Å². The van der Waals surface area contributed by atoms with Crippen LogP contribution >= 0.6 is 15.9 Å². The molecular formula is C15H22BrNO. The second-order valence-electron chi connectivity index (χ2n) is 4.73. The van der Waals surface area contributed by atoms with Gasteiger partial charge in [-0.05, 0) is 43.0 Å². The summed E-state index contributed by atoms with van der Waals surface area (Å²) in [6.07, 6.45) is 4.34. The van der Waals surface area contributed by atoms with Crippen molar-refractivity contribution in [1.82, 2.24) is 0 Å². The first kappa shape index (κ1) is 15.4. The molecule has 0 bridgehead atoms. The number of carbonyl (C=O) groups is 1. The third-order valence-corrected chi connectivity index (χ3v) is 3.83. The molecule has 0 aliphatic carbocycles. The normalized spacial score (nSPS) is 12.4. The number of nitrogens with two attached hydrogens (primary N) is 1. The molecule has 1 aromatic carbocycles. The highest BCUT2D eigenvalue weighted by atomic mass is 79.9. The number of hydrogen-bond acceptors (Lipinski definition) is 2. The maximum absolute atomic E-state index is 11.9. The Morgan fingerprint density at radius 2 is 1.94 bits per heavy atom. The van der Waals surface area contributed by atoms with Gasteiger partial charge in [0, 0.05) is 17.3 Å². The number of benzene rings is 1. The zero-order chi connectivity index (χ0) is 13.4. The molecule has 0 saturated carbocycles. The molecule has 0 aliphatic rings. The first-order chi connectivity index (χ1) is 8.65. The molecule has 1 aromatic rings. The van der Waals surface area contributed by atoms with Crippen molar-refractivity contribution in [3.8, 4) is 0 Å². The summed E-state index contributed by atoms with van der Waals surface area (Å²) >= 11 is 3.39. The largest absolute Gasteiger partial charge is 0.330 e. The molecular weight excluding hydrogens is 290 g/mol. The van der Waals surface area contributed by atoms with E-state index in [2.05, 4.69) is 22.9 Å². The lowest BCUT2D eigenvalue weighted by molar-refractivity contribution is -0.118. The molecule has 1 rings (SSSR count). The summed E-state index contributed by atoms with van der Waals surface area (Å²) in [4.78, 5) is 11.9. The Balaban J connectivity index is 2.35. The Morgan fingerprint density at radius 1 is 1.28 bits per heavy atom. The Kier molecular flexibility index (Phi) is 7.21. The lowest BCUT2D eigenvalue weighted by Gasteiger charge is -2.12. The molecule has 1 atom stereocenters. The summed E-state index contributed by atoms with van der Waals surface area (Å²) in [6, 6.07) is 7.95. The van der Waals surface area contributed by atoms with Gasteiger partial charge in [0.05, 0.1) is 0 Å². The Bertz CT molecular complexity index is 361. The minimum atomic E-state index is 0.327. The van der Waals surface area contributed by atoms with E-state index in [0.29, 0.717) is 24.5 Å². The lowest BCUT2D eigenvalue weighted by atomic mass is 9.94. The fraction of sp³-hybridized carbons (Fsp3) is 0.533. The van der Waals surface area contributed by atoms with Crippen LogP contribution in [0.15, 0.2) is 28.7 Å². The van der Waals surface area contributed by atoms with Crippen LogP contribution in [0.1, 0.15) is 38.2 Å². The maximum atomic E-state index is 11.9. The van der Waals surface area contributed by atoms with Crippen LogP contribution in [0.3, 0.4) is 0 Å². The fourth-order valence-electron chi connectivity index (χ4n) is 2.07. The predicted octanol–water partition coefficient (Wildman–Crippen LogP) is 3.72. The number of Topliss-reactive ketones (excluding diaryl/α,β-unsaturated/α-hetero) is 1. The summed E-state index contributed by atoms with van der Waals surface area (Å²) in [7, 11) is 0. The van der Waals surface area contributed by atoms with Gasteiger partial charge in [0.15, 0.2) is 0 Å². The summed E-state index contributed by atoms with van der Waals surface area (Å²) in [5, 5.41) is 0. The van der Waals surface area contributed by atoms with Crippen LogP contribution in [0.4, 0.5) is 0 Å². The average molecular weight is 312 g/mol. The zero-order valence-electron chi connectivity index (χ0n) is 11.0. The minimum Gasteiger partial charge on any atom is -0.330 e. The van der Waals surface area contributed by atoms with Gasteiger partial charge >= 0.3 is 0 Å². The minimum absolute atomic E-state index is 0.327. The molecule has 0 fully saturated rings. The molecule has 0 saturated heterocycles. The van der Waals surface area contributed by atoms with E-state index in [9.17, 15) is 4.79 Å². The monoisotopic (exact) mass is 311 g/mol. The van der Waals surface area contributed by atoms with Crippen LogP contribution in [-0.4, -0.2) is 12.3 Å². The van der Waals surface area contributed by atoms with E-state index in [1.165, 1.54) is 0 Å².